The van der Waals surface area contributed by atoms with Crippen LogP contribution in [0.25, 0.3) is 11.4 Å². The summed E-state index contributed by atoms with van der Waals surface area (Å²) in [5.74, 6) is 0.290. The maximum absolute atomic E-state index is 13.0. The van der Waals surface area contributed by atoms with Crippen molar-refractivity contribution in [2.45, 2.75) is 45.5 Å². The van der Waals surface area contributed by atoms with E-state index in [1.807, 2.05) is 26.0 Å². The fraction of sp³-hybridized carbons (Fsp3) is 0.318. The van der Waals surface area contributed by atoms with Crippen molar-refractivity contribution in [2.24, 2.45) is 0 Å². The summed E-state index contributed by atoms with van der Waals surface area (Å²) in [7, 11) is 0. The highest BCUT2D eigenvalue weighted by Crippen LogP contribution is 2.35. The number of likely N-dealkylation sites (tertiary alicyclic amines) is 1. The molecule has 1 fully saturated rings. The summed E-state index contributed by atoms with van der Waals surface area (Å²) in [6, 6.07) is 10.4. The van der Waals surface area contributed by atoms with Crippen molar-refractivity contribution in [2.75, 3.05) is 0 Å². The molecule has 30 heavy (non-hydrogen) atoms. The Morgan fingerprint density at radius 1 is 1.17 bits per heavy atom. The number of halogens is 3. The van der Waals surface area contributed by atoms with Crippen molar-refractivity contribution in [1.82, 2.24) is 15.0 Å². The van der Waals surface area contributed by atoms with Gasteiger partial charge in [0.1, 0.15) is 6.04 Å². The van der Waals surface area contributed by atoms with Gasteiger partial charge in [0, 0.05) is 18.5 Å². The molecule has 1 amide bonds. The van der Waals surface area contributed by atoms with Crippen LogP contribution in [0.2, 0.25) is 0 Å². The number of amides is 1. The van der Waals surface area contributed by atoms with Crippen LogP contribution in [0, 0.1) is 13.8 Å². The Morgan fingerprint density at radius 2 is 1.97 bits per heavy atom. The van der Waals surface area contributed by atoms with Crippen LogP contribution in [-0.2, 0) is 17.5 Å². The predicted molar refractivity (Wildman–Crippen MR) is 103 cm³/mol. The Bertz CT molecular complexity index is 1090. The first-order chi connectivity index (χ1) is 14.2. The summed E-state index contributed by atoms with van der Waals surface area (Å²) >= 11 is 0. The zero-order chi connectivity index (χ0) is 21.5. The fourth-order valence-corrected chi connectivity index (χ4v) is 3.72. The van der Waals surface area contributed by atoms with E-state index in [9.17, 15) is 18.0 Å². The van der Waals surface area contributed by atoms with Crippen LogP contribution in [0.1, 0.15) is 47.0 Å². The third-order valence-electron chi connectivity index (χ3n) is 5.34. The van der Waals surface area contributed by atoms with Crippen LogP contribution >= 0.6 is 0 Å². The molecule has 5 nitrogen and oxygen atoms in total. The molecule has 0 spiro atoms. The van der Waals surface area contributed by atoms with E-state index in [1.165, 1.54) is 12.1 Å². The summed E-state index contributed by atoms with van der Waals surface area (Å²) in [4.78, 5) is 18.5. The van der Waals surface area contributed by atoms with E-state index in [0.717, 1.165) is 28.8 Å². The largest absolute Gasteiger partial charge is 0.416 e. The Kier molecular flexibility index (Phi) is 5.09. The van der Waals surface area contributed by atoms with Crippen molar-refractivity contribution in [3.63, 3.8) is 0 Å². The molecule has 0 radical (unpaired) electrons. The summed E-state index contributed by atoms with van der Waals surface area (Å²) in [6.07, 6.45) is -3.58. The first kappa shape index (κ1) is 20.1. The lowest BCUT2D eigenvalue weighted by atomic mass is 10.0. The van der Waals surface area contributed by atoms with Gasteiger partial charge < -0.3 is 9.42 Å². The Balaban J connectivity index is 1.60. The lowest BCUT2D eigenvalue weighted by Crippen LogP contribution is -2.27. The van der Waals surface area contributed by atoms with Crippen LogP contribution in [-0.4, -0.2) is 20.9 Å². The molecule has 4 rings (SSSR count). The molecule has 8 heteroatoms. The van der Waals surface area contributed by atoms with Gasteiger partial charge in [-0.05, 0) is 43.5 Å². The first-order valence-corrected chi connectivity index (χ1v) is 9.59. The zero-order valence-corrected chi connectivity index (χ0v) is 16.5. The van der Waals surface area contributed by atoms with Crippen molar-refractivity contribution in [1.29, 1.82) is 0 Å². The molecule has 3 aromatic rings. The lowest BCUT2D eigenvalue weighted by molar-refractivity contribution is -0.137. The summed E-state index contributed by atoms with van der Waals surface area (Å²) in [6.45, 7) is 4.42. The standard InChI is InChI=1S/C22H20F3N3O2/c1-13-6-7-16(14(2)10-13)12-28-18(8-9-19(28)29)21-26-20(27-30-21)15-4-3-5-17(11-15)22(23,24)25/h3-7,10-11,18H,8-9,12H2,1-2H3. The second-order valence-corrected chi connectivity index (χ2v) is 7.54. The van der Waals surface area contributed by atoms with Crippen molar-refractivity contribution in [3.8, 4) is 11.4 Å². The number of hydrogen-bond donors (Lipinski definition) is 0. The number of nitrogens with zero attached hydrogens (tertiary/aromatic N) is 3. The van der Waals surface area contributed by atoms with Gasteiger partial charge in [-0.2, -0.15) is 18.2 Å². The van der Waals surface area contributed by atoms with Gasteiger partial charge in [0.05, 0.1) is 5.56 Å². The lowest BCUT2D eigenvalue weighted by Gasteiger charge is -2.23. The van der Waals surface area contributed by atoms with Crippen LogP contribution in [0.5, 0.6) is 0 Å². The molecular weight excluding hydrogens is 395 g/mol. The van der Waals surface area contributed by atoms with E-state index >= 15 is 0 Å². The molecule has 1 aromatic heterocycles. The van der Waals surface area contributed by atoms with E-state index in [4.69, 9.17) is 4.52 Å². The van der Waals surface area contributed by atoms with Gasteiger partial charge in [-0.15, -0.1) is 0 Å². The van der Waals surface area contributed by atoms with Crippen LogP contribution in [0.3, 0.4) is 0 Å². The smallest absolute Gasteiger partial charge is 0.337 e. The highest BCUT2D eigenvalue weighted by molar-refractivity contribution is 5.79. The molecule has 1 aliphatic heterocycles. The third-order valence-corrected chi connectivity index (χ3v) is 5.34. The molecular formula is C22H20F3N3O2. The van der Waals surface area contributed by atoms with E-state index in [2.05, 4.69) is 16.2 Å². The molecule has 1 unspecified atom stereocenters. The average molecular weight is 415 g/mol. The Morgan fingerprint density at radius 3 is 2.70 bits per heavy atom. The summed E-state index contributed by atoms with van der Waals surface area (Å²) in [5.41, 5.74) is 2.69. The second kappa shape index (κ2) is 7.59. The number of carbonyl (C=O) groups is 1. The number of alkyl halides is 3. The highest BCUT2D eigenvalue weighted by atomic mass is 19.4. The van der Waals surface area contributed by atoms with Crippen molar-refractivity contribution in [3.05, 3.63) is 70.6 Å². The minimum absolute atomic E-state index is 0.0150. The van der Waals surface area contributed by atoms with E-state index in [0.29, 0.717) is 19.4 Å². The number of benzene rings is 2. The van der Waals surface area contributed by atoms with E-state index < -0.39 is 17.8 Å². The number of rotatable bonds is 4. The van der Waals surface area contributed by atoms with Gasteiger partial charge in [0.15, 0.2) is 0 Å². The Hall–Kier alpha value is -3.16. The van der Waals surface area contributed by atoms with Gasteiger partial charge in [0.25, 0.3) is 0 Å². The van der Waals surface area contributed by atoms with Gasteiger partial charge >= 0.3 is 6.18 Å². The quantitative estimate of drug-likeness (QED) is 0.585. The van der Waals surface area contributed by atoms with Crippen LogP contribution in [0.4, 0.5) is 13.2 Å². The van der Waals surface area contributed by atoms with E-state index in [-0.39, 0.29) is 23.2 Å². The maximum Gasteiger partial charge on any atom is 0.416 e. The summed E-state index contributed by atoms with van der Waals surface area (Å²) < 4.78 is 44.3. The molecule has 1 atom stereocenters. The van der Waals surface area contributed by atoms with Crippen LogP contribution in [0.15, 0.2) is 47.0 Å². The minimum atomic E-state index is -4.46. The zero-order valence-electron chi connectivity index (χ0n) is 16.5. The van der Waals surface area contributed by atoms with Gasteiger partial charge in [-0.3, -0.25) is 4.79 Å². The highest BCUT2D eigenvalue weighted by Gasteiger charge is 2.36. The Labute approximate surface area is 171 Å². The molecule has 156 valence electrons. The van der Waals surface area contributed by atoms with Gasteiger partial charge in [-0.1, -0.05) is 41.1 Å². The molecule has 0 aliphatic carbocycles. The molecule has 0 bridgehead atoms. The monoisotopic (exact) mass is 415 g/mol. The van der Waals surface area contributed by atoms with Gasteiger partial charge in [-0.25, -0.2) is 0 Å². The first-order valence-electron chi connectivity index (χ1n) is 9.59. The third kappa shape index (κ3) is 3.94. The molecule has 2 aromatic carbocycles. The predicted octanol–water partition coefficient (Wildman–Crippen LogP) is 5.24. The van der Waals surface area contributed by atoms with Gasteiger partial charge in [0.2, 0.25) is 17.6 Å². The normalized spacial score (nSPS) is 17.0. The number of carbonyl (C=O) groups excluding carboxylic acids is 1. The number of hydrogen-bond acceptors (Lipinski definition) is 4. The average Bonchev–Trinajstić information content (AvgIpc) is 3.31. The fourth-order valence-electron chi connectivity index (χ4n) is 3.72. The topological polar surface area (TPSA) is 59.2 Å². The second-order valence-electron chi connectivity index (χ2n) is 7.54. The molecule has 0 N–H and O–H groups in total. The van der Waals surface area contributed by atoms with Crippen LogP contribution < -0.4 is 0 Å². The molecule has 0 saturated carbocycles. The number of aromatic nitrogens is 2. The molecule has 2 heterocycles. The number of aryl methyl sites for hydroxylation is 2. The minimum Gasteiger partial charge on any atom is -0.337 e. The maximum atomic E-state index is 13.0. The SMILES string of the molecule is Cc1ccc(CN2C(=O)CCC2c2nc(-c3cccc(C(F)(F)F)c3)no2)c(C)c1. The summed E-state index contributed by atoms with van der Waals surface area (Å²) in [5, 5.41) is 3.86. The molecule has 1 aliphatic rings. The van der Waals surface area contributed by atoms with E-state index in [1.54, 1.807) is 4.90 Å². The van der Waals surface area contributed by atoms with Crippen molar-refractivity contribution < 1.29 is 22.5 Å². The molecule has 1 saturated heterocycles. The van der Waals surface area contributed by atoms with Crippen molar-refractivity contribution >= 4 is 5.91 Å².